The fourth-order valence-electron chi connectivity index (χ4n) is 2.92. The van der Waals surface area contributed by atoms with Gasteiger partial charge in [0, 0.05) is 13.1 Å². The van der Waals surface area contributed by atoms with Gasteiger partial charge in [0.25, 0.3) is 0 Å². The van der Waals surface area contributed by atoms with Crippen LogP contribution in [0.2, 0.25) is 0 Å². The van der Waals surface area contributed by atoms with Gasteiger partial charge in [-0.2, -0.15) is 0 Å². The number of nitrogens with one attached hydrogen (secondary N) is 1. The minimum Gasteiger partial charge on any atom is -0.341 e. The van der Waals surface area contributed by atoms with Crippen LogP contribution in [0, 0.1) is 12.8 Å². The summed E-state index contributed by atoms with van der Waals surface area (Å²) in [6, 6.07) is 6.71. The number of piperidine rings is 1. The number of carbonyl (C=O) groups is 1. The van der Waals surface area contributed by atoms with Crippen molar-refractivity contribution in [3.05, 3.63) is 35.4 Å². The smallest absolute Gasteiger partial charge is 0.241 e. The molecular formula is C18H28N2O3S. The lowest BCUT2D eigenvalue weighted by Crippen LogP contribution is -2.52. The van der Waals surface area contributed by atoms with Gasteiger partial charge in [0.1, 0.15) is 6.04 Å². The molecule has 5 nitrogen and oxygen atoms in total. The van der Waals surface area contributed by atoms with Gasteiger partial charge in [-0.05, 0) is 37.7 Å². The van der Waals surface area contributed by atoms with E-state index in [1.165, 1.54) is 0 Å². The van der Waals surface area contributed by atoms with E-state index in [2.05, 4.69) is 4.72 Å². The molecule has 1 heterocycles. The summed E-state index contributed by atoms with van der Waals surface area (Å²) in [6.07, 6.45) is 3.12. The molecule has 0 bridgehead atoms. The van der Waals surface area contributed by atoms with Crippen molar-refractivity contribution in [2.75, 3.05) is 13.1 Å². The predicted molar refractivity (Wildman–Crippen MR) is 96.0 cm³/mol. The second kappa shape index (κ2) is 8.12. The van der Waals surface area contributed by atoms with Crippen molar-refractivity contribution >= 4 is 15.9 Å². The Morgan fingerprint density at radius 1 is 1.12 bits per heavy atom. The molecule has 0 unspecified atom stereocenters. The van der Waals surface area contributed by atoms with Crippen LogP contribution < -0.4 is 4.72 Å². The number of hydrogen-bond acceptors (Lipinski definition) is 3. The molecule has 1 aliphatic rings. The first-order valence-corrected chi connectivity index (χ1v) is 10.3. The molecule has 1 amide bonds. The molecular weight excluding hydrogens is 324 g/mol. The number of hydrogen-bond donors (Lipinski definition) is 1. The molecule has 1 N–H and O–H groups in total. The third-order valence-electron chi connectivity index (χ3n) is 4.38. The highest BCUT2D eigenvalue weighted by atomic mass is 32.2. The first-order chi connectivity index (χ1) is 11.3. The number of amides is 1. The summed E-state index contributed by atoms with van der Waals surface area (Å²) >= 11 is 0. The van der Waals surface area contributed by atoms with Gasteiger partial charge in [-0.25, -0.2) is 13.1 Å². The Bertz CT molecular complexity index is 647. The Labute approximate surface area is 145 Å². The second-order valence-electron chi connectivity index (χ2n) is 6.97. The highest BCUT2D eigenvalue weighted by Crippen LogP contribution is 2.15. The Morgan fingerprint density at radius 3 is 2.25 bits per heavy atom. The number of carbonyl (C=O) groups excluding carboxylic acids is 1. The average Bonchev–Trinajstić information content (AvgIpc) is 2.54. The van der Waals surface area contributed by atoms with Gasteiger partial charge in [0.2, 0.25) is 15.9 Å². The summed E-state index contributed by atoms with van der Waals surface area (Å²) < 4.78 is 27.6. The van der Waals surface area contributed by atoms with Crippen LogP contribution in [0.25, 0.3) is 0 Å². The molecule has 0 spiro atoms. The van der Waals surface area contributed by atoms with E-state index in [1.54, 1.807) is 4.90 Å². The number of rotatable bonds is 6. The van der Waals surface area contributed by atoms with E-state index in [0.29, 0.717) is 0 Å². The molecule has 1 aromatic rings. The maximum Gasteiger partial charge on any atom is 0.241 e. The number of sulfonamides is 1. The minimum atomic E-state index is -3.57. The lowest BCUT2D eigenvalue weighted by molar-refractivity contribution is -0.134. The van der Waals surface area contributed by atoms with Crippen LogP contribution in [-0.4, -0.2) is 38.4 Å². The first-order valence-electron chi connectivity index (χ1n) is 8.63. The molecule has 1 aromatic carbocycles. The largest absolute Gasteiger partial charge is 0.341 e. The maximum absolute atomic E-state index is 12.7. The summed E-state index contributed by atoms with van der Waals surface area (Å²) in [5, 5.41) is 0. The lowest BCUT2D eigenvalue weighted by Gasteiger charge is -2.32. The molecule has 0 aliphatic carbocycles. The molecule has 1 aliphatic heterocycles. The summed E-state index contributed by atoms with van der Waals surface area (Å²) in [4.78, 5) is 14.5. The van der Waals surface area contributed by atoms with Crippen LogP contribution >= 0.6 is 0 Å². The molecule has 0 saturated carbocycles. The monoisotopic (exact) mass is 352 g/mol. The van der Waals surface area contributed by atoms with Gasteiger partial charge < -0.3 is 4.90 Å². The van der Waals surface area contributed by atoms with E-state index in [9.17, 15) is 13.2 Å². The van der Waals surface area contributed by atoms with E-state index in [1.807, 2.05) is 45.0 Å². The Hall–Kier alpha value is -1.40. The third kappa shape index (κ3) is 5.31. The zero-order chi connectivity index (χ0) is 17.7. The fourth-order valence-corrected chi connectivity index (χ4v) is 4.40. The van der Waals surface area contributed by atoms with Crippen molar-refractivity contribution in [3.8, 4) is 0 Å². The third-order valence-corrected chi connectivity index (χ3v) is 5.71. The van der Waals surface area contributed by atoms with Crippen LogP contribution in [0.3, 0.4) is 0 Å². The first kappa shape index (κ1) is 18.9. The van der Waals surface area contributed by atoms with E-state index >= 15 is 0 Å². The zero-order valence-electron chi connectivity index (χ0n) is 14.8. The highest BCUT2D eigenvalue weighted by Gasteiger charge is 2.31. The molecule has 1 saturated heterocycles. The van der Waals surface area contributed by atoms with Crippen molar-refractivity contribution in [3.63, 3.8) is 0 Å². The normalized spacial score (nSPS) is 17.1. The number of likely N-dealkylation sites (tertiary alicyclic amines) is 1. The van der Waals surface area contributed by atoms with Crippen LogP contribution in [0.1, 0.15) is 44.2 Å². The topological polar surface area (TPSA) is 66.5 Å². The Kier molecular flexibility index (Phi) is 6.40. The fraction of sp³-hybridized carbons (Fsp3) is 0.611. The van der Waals surface area contributed by atoms with Crippen LogP contribution in [0.15, 0.2) is 24.3 Å². The Morgan fingerprint density at radius 2 is 1.71 bits per heavy atom. The number of nitrogens with zero attached hydrogens (tertiary/aromatic N) is 1. The van der Waals surface area contributed by atoms with Crippen molar-refractivity contribution in [1.82, 2.24) is 9.62 Å². The molecule has 1 atom stereocenters. The average molecular weight is 353 g/mol. The predicted octanol–water partition coefficient (Wildman–Crippen LogP) is 2.45. The summed E-state index contributed by atoms with van der Waals surface area (Å²) in [7, 11) is -3.57. The molecule has 1 fully saturated rings. The number of aryl methyl sites for hydroxylation is 1. The van der Waals surface area contributed by atoms with E-state index < -0.39 is 16.1 Å². The van der Waals surface area contributed by atoms with Crippen LogP contribution in [-0.2, 0) is 20.6 Å². The molecule has 6 heteroatoms. The quantitative estimate of drug-likeness (QED) is 0.855. The SMILES string of the molecule is Cc1ccc(CS(=O)(=O)N[C@H](C(=O)N2CCCCC2)C(C)C)cc1. The van der Waals surface area contributed by atoms with E-state index in [4.69, 9.17) is 0 Å². The number of benzene rings is 1. The Balaban J connectivity index is 2.07. The van der Waals surface area contributed by atoms with Crippen molar-refractivity contribution in [2.45, 2.75) is 51.8 Å². The van der Waals surface area contributed by atoms with Gasteiger partial charge in [0.15, 0.2) is 0 Å². The summed E-state index contributed by atoms with van der Waals surface area (Å²) in [6.45, 7) is 7.16. The van der Waals surface area contributed by atoms with Gasteiger partial charge >= 0.3 is 0 Å². The van der Waals surface area contributed by atoms with Crippen molar-refractivity contribution < 1.29 is 13.2 Å². The van der Waals surface area contributed by atoms with Crippen molar-refractivity contribution in [2.24, 2.45) is 5.92 Å². The zero-order valence-corrected chi connectivity index (χ0v) is 15.6. The van der Waals surface area contributed by atoms with Gasteiger partial charge in [-0.3, -0.25) is 4.79 Å². The highest BCUT2D eigenvalue weighted by molar-refractivity contribution is 7.88. The van der Waals surface area contributed by atoms with Gasteiger partial charge in [-0.15, -0.1) is 0 Å². The van der Waals surface area contributed by atoms with Crippen molar-refractivity contribution in [1.29, 1.82) is 0 Å². The second-order valence-corrected chi connectivity index (χ2v) is 8.72. The summed E-state index contributed by atoms with van der Waals surface area (Å²) in [5.74, 6) is -0.298. The molecule has 0 aromatic heterocycles. The standard InChI is InChI=1S/C18H28N2O3S/c1-14(2)17(18(21)20-11-5-4-6-12-20)19-24(22,23)13-16-9-7-15(3)8-10-16/h7-10,14,17,19H,4-6,11-13H2,1-3H3/t17-/m0/s1. The molecule has 24 heavy (non-hydrogen) atoms. The molecule has 134 valence electrons. The van der Waals surface area contributed by atoms with Crippen LogP contribution in [0.4, 0.5) is 0 Å². The molecule has 2 rings (SSSR count). The van der Waals surface area contributed by atoms with Crippen LogP contribution in [0.5, 0.6) is 0 Å². The lowest BCUT2D eigenvalue weighted by atomic mass is 10.0. The van der Waals surface area contributed by atoms with Gasteiger partial charge in [0.05, 0.1) is 5.75 Å². The van der Waals surface area contributed by atoms with Gasteiger partial charge in [-0.1, -0.05) is 43.7 Å². The minimum absolute atomic E-state index is 0.0905. The van der Waals surface area contributed by atoms with E-state index in [-0.39, 0.29) is 17.6 Å². The summed E-state index contributed by atoms with van der Waals surface area (Å²) in [5.41, 5.74) is 1.81. The van der Waals surface area contributed by atoms with E-state index in [0.717, 1.165) is 43.5 Å². The molecule has 0 radical (unpaired) electrons. The maximum atomic E-state index is 12.7.